The molecule has 0 radical (unpaired) electrons. The van der Waals surface area contributed by atoms with E-state index >= 15 is 0 Å². The van der Waals surface area contributed by atoms with Gasteiger partial charge in [-0.1, -0.05) is 0 Å². The molecule has 1 aliphatic rings. The zero-order chi connectivity index (χ0) is 11.7. The highest BCUT2D eigenvalue weighted by molar-refractivity contribution is 5.24. The Hall–Kier alpha value is -0.910. The van der Waals surface area contributed by atoms with E-state index in [2.05, 4.69) is 17.3 Å². The van der Waals surface area contributed by atoms with E-state index < -0.39 is 6.10 Å². The van der Waals surface area contributed by atoms with Gasteiger partial charge in [0, 0.05) is 24.8 Å². The van der Waals surface area contributed by atoms with Crippen LogP contribution in [-0.2, 0) is 18.3 Å². The van der Waals surface area contributed by atoms with Gasteiger partial charge in [-0.05, 0) is 13.8 Å². The van der Waals surface area contributed by atoms with E-state index in [-0.39, 0.29) is 6.04 Å². The first-order valence-corrected chi connectivity index (χ1v) is 5.58. The van der Waals surface area contributed by atoms with Gasteiger partial charge in [-0.15, -0.1) is 0 Å². The summed E-state index contributed by atoms with van der Waals surface area (Å²) in [5.41, 5.74) is 3.42. The minimum absolute atomic E-state index is 0.0407. The molecule has 1 aromatic heterocycles. The number of aliphatic hydroxyl groups excluding tert-OH is 1. The van der Waals surface area contributed by atoms with Crippen molar-refractivity contribution < 1.29 is 9.84 Å². The number of hydrogen-bond donors (Lipinski definition) is 2. The Morgan fingerprint density at radius 3 is 2.75 bits per heavy atom. The molecule has 2 unspecified atom stereocenters. The average Bonchev–Trinajstić information content (AvgIpc) is 2.72. The van der Waals surface area contributed by atoms with Crippen molar-refractivity contribution in [3.63, 3.8) is 0 Å². The van der Waals surface area contributed by atoms with Gasteiger partial charge >= 0.3 is 0 Å². The van der Waals surface area contributed by atoms with Crippen LogP contribution in [0, 0.1) is 13.8 Å². The monoisotopic (exact) mass is 225 g/mol. The van der Waals surface area contributed by atoms with Crippen molar-refractivity contribution in [3.05, 3.63) is 17.0 Å². The Morgan fingerprint density at radius 2 is 2.25 bits per heavy atom. The summed E-state index contributed by atoms with van der Waals surface area (Å²) in [4.78, 5) is 0. The van der Waals surface area contributed by atoms with E-state index in [0.29, 0.717) is 13.2 Å². The van der Waals surface area contributed by atoms with Crippen molar-refractivity contribution in [2.24, 2.45) is 7.05 Å². The molecule has 2 heterocycles. The smallest absolute Gasteiger partial charge is 0.0948 e. The first-order chi connectivity index (χ1) is 7.59. The molecular weight excluding hydrogens is 206 g/mol. The second-order valence-electron chi connectivity index (χ2n) is 4.37. The molecular formula is C11H19N3O2. The van der Waals surface area contributed by atoms with E-state index in [0.717, 1.165) is 12.2 Å². The number of aromatic nitrogens is 2. The van der Waals surface area contributed by atoms with Gasteiger partial charge in [0.05, 0.1) is 31.1 Å². The van der Waals surface area contributed by atoms with Gasteiger partial charge in [0.2, 0.25) is 0 Å². The van der Waals surface area contributed by atoms with E-state index in [1.54, 1.807) is 0 Å². The molecule has 2 N–H and O–H groups in total. The molecule has 0 spiro atoms. The Labute approximate surface area is 95.4 Å². The molecule has 5 heteroatoms. The van der Waals surface area contributed by atoms with Crippen LogP contribution in [0.25, 0.3) is 0 Å². The van der Waals surface area contributed by atoms with E-state index in [4.69, 9.17) is 4.74 Å². The van der Waals surface area contributed by atoms with Crippen molar-refractivity contribution in [2.75, 3.05) is 13.2 Å². The quantitative estimate of drug-likeness (QED) is 0.753. The summed E-state index contributed by atoms with van der Waals surface area (Å²) < 4.78 is 7.07. The molecule has 2 atom stereocenters. The lowest BCUT2D eigenvalue weighted by Crippen LogP contribution is -2.38. The number of aliphatic hydroxyl groups is 1. The van der Waals surface area contributed by atoms with Crippen molar-refractivity contribution in [1.82, 2.24) is 15.1 Å². The highest BCUT2D eigenvalue weighted by Gasteiger charge is 2.25. The van der Waals surface area contributed by atoms with Crippen LogP contribution in [0.3, 0.4) is 0 Å². The molecule has 0 bridgehead atoms. The zero-order valence-corrected chi connectivity index (χ0v) is 10.0. The molecule has 2 rings (SSSR count). The maximum absolute atomic E-state index is 9.60. The Morgan fingerprint density at radius 1 is 1.50 bits per heavy atom. The summed E-state index contributed by atoms with van der Waals surface area (Å²) in [5.74, 6) is 0. The minimum Gasteiger partial charge on any atom is -0.389 e. The number of nitrogens with one attached hydrogen (secondary N) is 1. The summed E-state index contributed by atoms with van der Waals surface area (Å²) in [6.45, 7) is 5.81. The number of nitrogens with zero attached hydrogens (tertiary/aromatic N) is 2. The summed E-state index contributed by atoms with van der Waals surface area (Å²) in [6, 6.07) is 0.0407. The van der Waals surface area contributed by atoms with Gasteiger partial charge in [-0.25, -0.2) is 0 Å². The Balaban J connectivity index is 1.99. The molecule has 0 aromatic carbocycles. The minimum atomic E-state index is -0.391. The number of aryl methyl sites for hydroxylation is 2. The molecule has 0 saturated carbocycles. The third-order valence-electron chi connectivity index (χ3n) is 3.25. The van der Waals surface area contributed by atoms with Crippen LogP contribution < -0.4 is 5.32 Å². The first kappa shape index (κ1) is 11.6. The maximum atomic E-state index is 9.60. The normalized spacial score (nSPS) is 25.2. The molecule has 5 nitrogen and oxygen atoms in total. The second-order valence-corrected chi connectivity index (χ2v) is 4.37. The van der Waals surface area contributed by atoms with Crippen LogP contribution in [0.2, 0.25) is 0 Å². The van der Waals surface area contributed by atoms with Gasteiger partial charge < -0.3 is 15.2 Å². The SMILES string of the molecule is Cc1nn(C)c(C)c1CNC1COCC1O. The van der Waals surface area contributed by atoms with Crippen LogP contribution in [-0.4, -0.2) is 40.2 Å². The fourth-order valence-corrected chi connectivity index (χ4v) is 2.04. The molecule has 16 heavy (non-hydrogen) atoms. The lowest BCUT2D eigenvalue weighted by molar-refractivity contribution is 0.122. The average molecular weight is 225 g/mol. The van der Waals surface area contributed by atoms with Gasteiger partial charge in [-0.2, -0.15) is 5.10 Å². The number of hydrogen-bond acceptors (Lipinski definition) is 4. The van der Waals surface area contributed by atoms with Crippen molar-refractivity contribution in [2.45, 2.75) is 32.5 Å². The Bertz CT molecular complexity index is 376. The molecule has 1 aromatic rings. The first-order valence-electron chi connectivity index (χ1n) is 5.58. The van der Waals surface area contributed by atoms with Crippen molar-refractivity contribution >= 4 is 0 Å². The summed E-state index contributed by atoms with van der Waals surface area (Å²) in [7, 11) is 1.94. The third kappa shape index (κ3) is 2.11. The third-order valence-corrected chi connectivity index (χ3v) is 3.25. The predicted octanol–water partition coefficient (Wildman–Crippen LogP) is -0.114. The summed E-state index contributed by atoms with van der Waals surface area (Å²) >= 11 is 0. The van der Waals surface area contributed by atoms with Gasteiger partial charge in [-0.3, -0.25) is 4.68 Å². The molecule has 1 fully saturated rings. The van der Waals surface area contributed by atoms with E-state index in [1.165, 1.54) is 11.3 Å². The van der Waals surface area contributed by atoms with Crippen LogP contribution in [0.5, 0.6) is 0 Å². The van der Waals surface area contributed by atoms with Crippen LogP contribution >= 0.6 is 0 Å². The topological polar surface area (TPSA) is 59.3 Å². The molecule has 90 valence electrons. The van der Waals surface area contributed by atoms with Crippen LogP contribution in [0.15, 0.2) is 0 Å². The second kappa shape index (κ2) is 4.53. The lowest BCUT2D eigenvalue weighted by Gasteiger charge is -2.14. The fourth-order valence-electron chi connectivity index (χ4n) is 2.04. The Kier molecular flexibility index (Phi) is 3.28. The molecule has 0 aliphatic carbocycles. The molecule has 1 aliphatic heterocycles. The van der Waals surface area contributed by atoms with Crippen LogP contribution in [0.4, 0.5) is 0 Å². The lowest BCUT2D eigenvalue weighted by atomic mass is 10.1. The molecule has 0 amide bonds. The van der Waals surface area contributed by atoms with Gasteiger partial charge in [0.15, 0.2) is 0 Å². The predicted molar refractivity (Wildman–Crippen MR) is 60.1 cm³/mol. The van der Waals surface area contributed by atoms with Crippen molar-refractivity contribution in [1.29, 1.82) is 0 Å². The van der Waals surface area contributed by atoms with Crippen LogP contribution in [0.1, 0.15) is 17.0 Å². The summed E-state index contributed by atoms with van der Waals surface area (Å²) in [6.07, 6.45) is -0.391. The van der Waals surface area contributed by atoms with Gasteiger partial charge in [0.25, 0.3) is 0 Å². The maximum Gasteiger partial charge on any atom is 0.0948 e. The highest BCUT2D eigenvalue weighted by atomic mass is 16.5. The zero-order valence-electron chi connectivity index (χ0n) is 10.0. The summed E-state index contributed by atoms with van der Waals surface area (Å²) in [5, 5.41) is 17.3. The number of ether oxygens (including phenoxy) is 1. The highest BCUT2D eigenvalue weighted by Crippen LogP contribution is 2.13. The molecule has 1 saturated heterocycles. The van der Waals surface area contributed by atoms with Crippen molar-refractivity contribution in [3.8, 4) is 0 Å². The standard InChI is InChI=1S/C11H19N3O2/c1-7-9(8(2)14(3)13-7)4-12-10-5-16-6-11(10)15/h10-12,15H,4-6H2,1-3H3. The number of rotatable bonds is 3. The van der Waals surface area contributed by atoms with E-state index in [9.17, 15) is 5.11 Å². The van der Waals surface area contributed by atoms with E-state index in [1.807, 2.05) is 18.7 Å². The van der Waals surface area contributed by atoms with Gasteiger partial charge in [0.1, 0.15) is 0 Å². The fraction of sp³-hybridized carbons (Fsp3) is 0.727. The largest absolute Gasteiger partial charge is 0.389 e.